The Labute approximate surface area is 188 Å². The van der Waals surface area contributed by atoms with Crippen LogP contribution in [0.5, 0.6) is 11.5 Å². The fourth-order valence-corrected chi connectivity index (χ4v) is 3.01. The lowest BCUT2D eigenvalue weighted by atomic mass is 10.1. The highest BCUT2D eigenvalue weighted by atomic mass is 19.1. The number of rotatable bonds is 7. The van der Waals surface area contributed by atoms with Crippen molar-refractivity contribution in [1.82, 2.24) is 10.6 Å². The minimum absolute atomic E-state index is 0.119. The standard InChI is InChI=1S/C24H20F2N2O5/c1-14(29)33-20-12-11-15(13-21(20)32-2)22(27-23(30)16-7-3-5-9-18(16)25)28-24(31)17-8-4-6-10-19(17)26/h3-13,22H,1-2H3,(H,27,30)(H,28,31). The van der Waals surface area contributed by atoms with Crippen LogP contribution in [0.1, 0.15) is 39.4 Å². The molecule has 0 spiro atoms. The van der Waals surface area contributed by atoms with Crippen LogP contribution in [0.3, 0.4) is 0 Å². The average Bonchev–Trinajstić information content (AvgIpc) is 2.79. The van der Waals surface area contributed by atoms with E-state index < -0.39 is 35.6 Å². The zero-order chi connectivity index (χ0) is 24.0. The molecule has 0 saturated carbocycles. The molecule has 0 aliphatic heterocycles. The van der Waals surface area contributed by atoms with E-state index in [9.17, 15) is 23.2 Å². The molecule has 0 unspecified atom stereocenters. The summed E-state index contributed by atoms with van der Waals surface area (Å²) in [6, 6.07) is 15.0. The second-order valence-electron chi connectivity index (χ2n) is 6.84. The maximum absolute atomic E-state index is 14.1. The smallest absolute Gasteiger partial charge is 0.308 e. The van der Waals surface area contributed by atoms with Gasteiger partial charge in [-0.3, -0.25) is 14.4 Å². The number of carbonyl (C=O) groups is 3. The van der Waals surface area contributed by atoms with Crippen LogP contribution in [0.25, 0.3) is 0 Å². The summed E-state index contributed by atoms with van der Waals surface area (Å²) >= 11 is 0. The molecule has 3 aromatic carbocycles. The molecule has 0 aromatic heterocycles. The van der Waals surface area contributed by atoms with Gasteiger partial charge in [0.2, 0.25) is 0 Å². The Morgan fingerprint density at radius 1 is 0.788 bits per heavy atom. The van der Waals surface area contributed by atoms with Crippen molar-refractivity contribution in [3.05, 3.63) is 95.1 Å². The monoisotopic (exact) mass is 454 g/mol. The Morgan fingerprint density at radius 2 is 1.30 bits per heavy atom. The third-order valence-corrected chi connectivity index (χ3v) is 4.56. The van der Waals surface area contributed by atoms with E-state index in [4.69, 9.17) is 9.47 Å². The van der Waals surface area contributed by atoms with Crippen LogP contribution >= 0.6 is 0 Å². The van der Waals surface area contributed by atoms with Crippen molar-refractivity contribution >= 4 is 17.8 Å². The highest BCUT2D eigenvalue weighted by Gasteiger charge is 2.23. The molecule has 3 aromatic rings. The lowest BCUT2D eigenvalue weighted by Crippen LogP contribution is -2.41. The van der Waals surface area contributed by atoms with Crippen LogP contribution in [0.4, 0.5) is 8.78 Å². The van der Waals surface area contributed by atoms with Crippen molar-refractivity contribution in [2.75, 3.05) is 7.11 Å². The van der Waals surface area contributed by atoms with E-state index in [1.165, 1.54) is 68.6 Å². The van der Waals surface area contributed by atoms with Crippen LogP contribution in [0, 0.1) is 11.6 Å². The SMILES string of the molecule is COc1cc(C(NC(=O)c2ccccc2F)NC(=O)c2ccccc2F)ccc1OC(C)=O. The molecule has 0 saturated heterocycles. The van der Waals surface area contributed by atoms with Crippen molar-refractivity contribution in [3.8, 4) is 11.5 Å². The van der Waals surface area contributed by atoms with E-state index >= 15 is 0 Å². The number of halogens is 2. The van der Waals surface area contributed by atoms with Crippen molar-refractivity contribution in [2.45, 2.75) is 13.1 Å². The van der Waals surface area contributed by atoms with E-state index in [0.717, 1.165) is 12.1 Å². The molecular formula is C24H20F2N2O5. The second kappa shape index (κ2) is 10.4. The number of hydrogen-bond donors (Lipinski definition) is 2. The first-order chi connectivity index (χ1) is 15.8. The number of hydrogen-bond acceptors (Lipinski definition) is 5. The van der Waals surface area contributed by atoms with Gasteiger partial charge < -0.3 is 20.1 Å². The van der Waals surface area contributed by atoms with Gasteiger partial charge in [-0.1, -0.05) is 30.3 Å². The molecule has 0 aliphatic rings. The predicted molar refractivity (Wildman–Crippen MR) is 115 cm³/mol. The minimum atomic E-state index is -1.20. The molecule has 0 fully saturated rings. The largest absolute Gasteiger partial charge is 0.493 e. The van der Waals surface area contributed by atoms with Crippen LogP contribution in [-0.4, -0.2) is 24.9 Å². The summed E-state index contributed by atoms with van der Waals surface area (Å²) in [5.74, 6) is -3.43. The second-order valence-corrected chi connectivity index (χ2v) is 6.84. The molecule has 33 heavy (non-hydrogen) atoms. The molecule has 7 nitrogen and oxygen atoms in total. The van der Waals surface area contributed by atoms with E-state index in [1.54, 1.807) is 0 Å². The van der Waals surface area contributed by atoms with Crippen LogP contribution in [-0.2, 0) is 4.79 Å². The van der Waals surface area contributed by atoms with Gasteiger partial charge in [-0.2, -0.15) is 0 Å². The molecule has 0 aliphatic carbocycles. The average molecular weight is 454 g/mol. The van der Waals surface area contributed by atoms with Gasteiger partial charge in [0.1, 0.15) is 17.8 Å². The molecule has 2 amide bonds. The fourth-order valence-electron chi connectivity index (χ4n) is 3.01. The number of ether oxygens (including phenoxy) is 2. The third kappa shape index (κ3) is 5.70. The first-order valence-corrected chi connectivity index (χ1v) is 9.77. The van der Waals surface area contributed by atoms with Crippen LogP contribution in [0.2, 0.25) is 0 Å². The molecule has 9 heteroatoms. The van der Waals surface area contributed by atoms with E-state index in [-0.39, 0.29) is 22.6 Å². The summed E-state index contributed by atoms with van der Waals surface area (Å²) in [4.78, 5) is 36.8. The predicted octanol–water partition coefficient (Wildman–Crippen LogP) is 3.76. The van der Waals surface area contributed by atoms with Gasteiger partial charge in [-0.15, -0.1) is 0 Å². The highest BCUT2D eigenvalue weighted by Crippen LogP contribution is 2.30. The molecule has 2 N–H and O–H groups in total. The summed E-state index contributed by atoms with van der Waals surface area (Å²) in [6.45, 7) is 1.22. The summed E-state index contributed by atoms with van der Waals surface area (Å²) < 4.78 is 38.5. The molecule has 0 heterocycles. The Bertz CT molecular complexity index is 1140. The Hall–Kier alpha value is -4.27. The van der Waals surface area contributed by atoms with Crippen molar-refractivity contribution < 1.29 is 32.6 Å². The first-order valence-electron chi connectivity index (χ1n) is 9.77. The third-order valence-electron chi connectivity index (χ3n) is 4.56. The van der Waals surface area contributed by atoms with Gasteiger partial charge in [-0.25, -0.2) is 8.78 Å². The van der Waals surface area contributed by atoms with Crippen LogP contribution in [0.15, 0.2) is 66.7 Å². The normalized spacial score (nSPS) is 10.5. The van der Waals surface area contributed by atoms with Gasteiger partial charge >= 0.3 is 5.97 Å². The summed E-state index contributed by atoms with van der Waals surface area (Å²) in [7, 11) is 1.34. The van der Waals surface area contributed by atoms with Gasteiger partial charge in [0.05, 0.1) is 18.2 Å². The molecule has 0 radical (unpaired) electrons. The Kier molecular flexibility index (Phi) is 7.34. The number of benzene rings is 3. The highest BCUT2D eigenvalue weighted by molar-refractivity contribution is 5.97. The molecule has 0 atom stereocenters. The summed E-state index contributed by atoms with van der Waals surface area (Å²) in [6.07, 6.45) is -1.20. The Morgan fingerprint density at radius 3 is 1.76 bits per heavy atom. The van der Waals surface area contributed by atoms with Gasteiger partial charge in [0.15, 0.2) is 11.5 Å². The Balaban J connectivity index is 1.97. The lowest BCUT2D eigenvalue weighted by Gasteiger charge is -2.22. The van der Waals surface area contributed by atoms with Crippen molar-refractivity contribution in [2.24, 2.45) is 0 Å². The maximum Gasteiger partial charge on any atom is 0.308 e. The van der Waals surface area contributed by atoms with Crippen molar-refractivity contribution in [3.63, 3.8) is 0 Å². The topological polar surface area (TPSA) is 93.7 Å². The molecule has 170 valence electrons. The number of carbonyl (C=O) groups excluding carboxylic acids is 3. The minimum Gasteiger partial charge on any atom is -0.493 e. The van der Waals surface area contributed by atoms with Crippen molar-refractivity contribution in [1.29, 1.82) is 0 Å². The lowest BCUT2D eigenvalue weighted by molar-refractivity contribution is -0.132. The summed E-state index contributed by atoms with van der Waals surface area (Å²) in [5.41, 5.74) is -0.186. The number of amides is 2. The first kappa shape index (κ1) is 23.4. The summed E-state index contributed by atoms with van der Waals surface area (Å²) in [5, 5.41) is 5.05. The van der Waals surface area contributed by atoms with Gasteiger partial charge in [0.25, 0.3) is 11.8 Å². The van der Waals surface area contributed by atoms with Gasteiger partial charge in [-0.05, 0) is 42.0 Å². The number of nitrogens with one attached hydrogen (secondary N) is 2. The van der Waals surface area contributed by atoms with E-state index in [2.05, 4.69) is 10.6 Å². The molecule has 3 rings (SSSR count). The molecular weight excluding hydrogens is 434 g/mol. The van der Waals surface area contributed by atoms with E-state index in [1.807, 2.05) is 0 Å². The fraction of sp³-hybridized carbons (Fsp3) is 0.125. The quantitative estimate of drug-likeness (QED) is 0.322. The number of esters is 1. The van der Waals surface area contributed by atoms with Crippen LogP contribution < -0.4 is 20.1 Å². The zero-order valence-electron chi connectivity index (χ0n) is 17.7. The molecule has 0 bridgehead atoms. The number of methoxy groups -OCH3 is 1. The zero-order valence-corrected chi connectivity index (χ0v) is 17.7. The van der Waals surface area contributed by atoms with E-state index in [0.29, 0.717) is 5.56 Å². The van der Waals surface area contributed by atoms with Gasteiger partial charge in [0, 0.05) is 6.92 Å². The maximum atomic E-state index is 14.1.